The molecule has 0 bridgehead atoms. The van der Waals surface area contributed by atoms with Gasteiger partial charge in [0.25, 0.3) is 11.8 Å². The molecule has 2 heterocycles. The maximum Gasteiger partial charge on any atom is 0.327 e. The number of nitrogens with zero attached hydrogens (tertiary/aromatic N) is 3. The summed E-state index contributed by atoms with van der Waals surface area (Å²) in [7, 11) is 1.63. The van der Waals surface area contributed by atoms with Crippen LogP contribution in [0.5, 0.6) is 0 Å². The number of imide groups is 1. The van der Waals surface area contributed by atoms with E-state index in [-0.39, 0.29) is 30.8 Å². The van der Waals surface area contributed by atoms with Crippen molar-refractivity contribution in [3.8, 4) is 0 Å². The van der Waals surface area contributed by atoms with Gasteiger partial charge in [-0.05, 0) is 49.2 Å². The Morgan fingerprint density at radius 3 is 2.39 bits per heavy atom. The zero-order valence-corrected chi connectivity index (χ0v) is 20.0. The van der Waals surface area contributed by atoms with Gasteiger partial charge in [0.15, 0.2) is 0 Å². The molecule has 186 valence electrons. The molecule has 1 aliphatic carbocycles. The van der Waals surface area contributed by atoms with E-state index in [1.807, 2.05) is 0 Å². The van der Waals surface area contributed by atoms with E-state index in [1.54, 1.807) is 55.6 Å². The van der Waals surface area contributed by atoms with Crippen molar-refractivity contribution >= 4 is 46.7 Å². The van der Waals surface area contributed by atoms with Crippen molar-refractivity contribution < 1.29 is 24.0 Å². The highest BCUT2D eigenvalue weighted by Crippen LogP contribution is 2.39. The van der Waals surface area contributed by atoms with Crippen molar-refractivity contribution in [2.45, 2.75) is 37.6 Å². The van der Waals surface area contributed by atoms with Crippen molar-refractivity contribution in [1.82, 2.24) is 9.80 Å². The van der Waals surface area contributed by atoms with Gasteiger partial charge in [0.2, 0.25) is 11.8 Å². The second-order valence-corrected chi connectivity index (χ2v) is 9.41. The standard InChI is InChI=1S/C26H27N5O5/c1-29-25(36)31(24(35)26(29)13-5-2-6-14-26)16-21(32)27-18-11-9-17(10-12-18)23(34)30-15-22(33)28-19-7-3-4-8-20(19)30/h3-4,7-12H,2,5-6,13-16H2,1H3,(H,27,32)(H,28,33). The molecule has 10 heteroatoms. The predicted octanol–water partition coefficient (Wildman–Crippen LogP) is 2.82. The van der Waals surface area contributed by atoms with E-state index in [2.05, 4.69) is 10.6 Å². The lowest BCUT2D eigenvalue weighted by molar-refractivity contribution is -0.136. The predicted molar refractivity (Wildman–Crippen MR) is 133 cm³/mol. The third-order valence-electron chi connectivity index (χ3n) is 7.22. The van der Waals surface area contributed by atoms with Gasteiger partial charge in [-0.3, -0.25) is 29.0 Å². The van der Waals surface area contributed by atoms with E-state index in [0.717, 1.165) is 24.2 Å². The van der Waals surface area contributed by atoms with E-state index in [1.165, 1.54) is 9.80 Å². The smallest absolute Gasteiger partial charge is 0.325 e. The van der Waals surface area contributed by atoms with E-state index < -0.39 is 17.5 Å². The van der Waals surface area contributed by atoms with Gasteiger partial charge in [0, 0.05) is 18.3 Å². The molecule has 2 aromatic rings. The molecule has 36 heavy (non-hydrogen) atoms. The lowest BCUT2D eigenvalue weighted by Gasteiger charge is -2.35. The molecule has 6 amide bonds. The summed E-state index contributed by atoms with van der Waals surface area (Å²) >= 11 is 0. The van der Waals surface area contributed by atoms with Crippen LogP contribution in [0.3, 0.4) is 0 Å². The van der Waals surface area contributed by atoms with Gasteiger partial charge >= 0.3 is 6.03 Å². The highest BCUT2D eigenvalue weighted by atomic mass is 16.2. The van der Waals surface area contributed by atoms with E-state index in [9.17, 15) is 24.0 Å². The summed E-state index contributed by atoms with van der Waals surface area (Å²) in [6.07, 6.45) is 4.02. The number of benzene rings is 2. The second-order valence-electron chi connectivity index (χ2n) is 9.41. The van der Waals surface area contributed by atoms with Gasteiger partial charge in [0.05, 0.1) is 11.4 Å². The van der Waals surface area contributed by atoms with Gasteiger partial charge in [-0.2, -0.15) is 0 Å². The Kier molecular flexibility index (Phi) is 5.95. The van der Waals surface area contributed by atoms with Gasteiger partial charge in [-0.25, -0.2) is 4.79 Å². The zero-order chi connectivity index (χ0) is 25.4. The molecular weight excluding hydrogens is 462 g/mol. The summed E-state index contributed by atoms with van der Waals surface area (Å²) in [5.74, 6) is -1.43. The Bertz CT molecular complexity index is 1250. The monoisotopic (exact) mass is 489 g/mol. The minimum Gasteiger partial charge on any atom is -0.325 e. The minimum absolute atomic E-state index is 0.0951. The number of rotatable bonds is 4. The fraction of sp³-hybridized carbons (Fsp3) is 0.346. The molecule has 0 radical (unpaired) electrons. The fourth-order valence-corrected chi connectivity index (χ4v) is 5.28. The average molecular weight is 490 g/mol. The molecule has 0 atom stereocenters. The first kappa shape index (κ1) is 23.5. The molecule has 0 unspecified atom stereocenters. The van der Waals surface area contributed by atoms with Crippen LogP contribution in [0.15, 0.2) is 48.5 Å². The van der Waals surface area contributed by atoms with Crippen LogP contribution >= 0.6 is 0 Å². The Hall–Kier alpha value is -4.21. The summed E-state index contributed by atoms with van der Waals surface area (Å²) in [6.45, 7) is -0.466. The fourth-order valence-electron chi connectivity index (χ4n) is 5.28. The van der Waals surface area contributed by atoms with E-state index in [4.69, 9.17) is 0 Å². The number of carbonyl (C=O) groups excluding carboxylic acids is 5. The third-order valence-corrected chi connectivity index (χ3v) is 7.22. The molecule has 2 aliphatic heterocycles. The van der Waals surface area contributed by atoms with Gasteiger partial charge in [-0.15, -0.1) is 0 Å². The first-order chi connectivity index (χ1) is 17.3. The van der Waals surface area contributed by atoms with E-state index >= 15 is 0 Å². The largest absolute Gasteiger partial charge is 0.327 e. The maximum atomic E-state index is 13.1. The number of hydrogen-bond donors (Lipinski definition) is 2. The quantitative estimate of drug-likeness (QED) is 0.640. The summed E-state index contributed by atoms with van der Waals surface area (Å²) in [6, 6.07) is 12.9. The summed E-state index contributed by atoms with van der Waals surface area (Å²) in [5, 5.41) is 5.44. The molecule has 2 aromatic carbocycles. The lowest BCUT2D eigenvalue weighted by Crippen LogP contribution is -2.49. The molecule has 2 N–H and O–H groups in total. The maximum absolute atomic E-state index is 13.1. The van der Waals surface area contributed by atoms with Crippen molar-refractivity contribution in [3.05, 3.63) is 54.1 Å². The van der Waals surface area contributed by atoms with Crippen LogP contribution in [-0.4, -0.2) is 65.1 Å². The molecule has 10 nitrogen and oxygen atoms in total. The van der Waals surface area contributed by atoms with Crippen molar-refractivity contribution in [1.29, 1.82) is 0 Å². The van der Waals surface area contributed by atoms with Crippen LogP contribution in [0.1, 0.15) is 42.5 Å². The number of urea groups is 1. The second kappa shape index (κ2) is 9.10. The molecular formula is C26H27N5O5. The Morgan fingerprint density at radius 2 is 1.67 bits per heavy atom. The van der Waals surface area contributed by atoms with Crippen LogP contribution in [-0.2, 0) is 14.4 Å². The number of nitrogens with one attached hydrogen (secondary N) is 2. The molecule has 1 spiro atoms. The Balaban J connectivity index is 1.25. The molecule has 0 aromatic heterocycles. The molecule has 1 saturated carbocycles. The van der Waals surface area contributed by atoms with Crippen molar-refractivity contribution in [3.63, 3.8) is 0 Å². The molecule has 1 saturated heterocycles. The Labute approximate surface area is 208 Å². The van der Waals surface area contributed by atoms with Crippen molar-refractivity contribution in [2.24, 2.45) is 0 Å². The van der Waals surface area contributed by atoms with Crippen LogP contribution in [0, 0.1) is 0 Å². The number of hydrogen-bond acceptors (Lipinski definition) is 5. The Morgan fingerprint density at radius 1 is 0.972 bits per heavy atom. The highest BCUT2D eigenvalue weighted by molar-refractivity contribution is 6.15. The molecule has 2 fully saturated rings. The number of para-hydroxylation sites is 2. The highest BCUT2D eigenvalue weighted by Gasteiger charge is 2.55. The van der Waals surface area contributed by atoms with Crippen LogP contribution in [0.4, 0.5) is 21.9 Å². The molecule has 5 rings (SSSR count). The summed E-state index contributed by atoms with van der Waals surface area (Å²) in [4.78, 5) is 67.6. The number of anilines is 3. The van der Waals surface area contributed by atoms with E-state index in [0.29, 0.717) is 35.5 Å². The first-order valence-corrected chi connectivity index (χ1v) is 12.0. The van der Waals surface area contributed by atoms with Gasteiger partial charge in [0.1, 0.15) is 18.6 Å². The zero-order valence-electron chi connectivity index (χ0n) is 20.0. The number of amides is 6. The third kappa shape index (κ3) is 3.98. The van der Waals surface area contributed by atoms with Crippen LogP contribution < -0.4 is 15.5 Å². The average Bonchev–Trinajstić information content (AvgIpc) is 3.05. The number of carbonyl (C=O) groups is 5. The lowest BCUT2D eigenvalue weighted by atomic mass is 9.81. The summed E-state index contributed by atoms with van der Waals surface area (Å²) < 4.78 is 0. The summed E-state index contributed by atoms with van der Waals surface area (Å²) in [5.41, 5.74) is 1.12. The van der Waals surface area contributed by atoms with Gasteiger partial charge < -0.3 is 15.5 Å². The SMILES string of the molecule is CN1C(=O)N(CC(=O)Nc2ccc(C(=O)N3CC(=O)Nc4ccccc43)cc2)C(=O)C12CCCCC2. The normalized spacial score (nSPS) is 18.8. The number of likely N-dealkylation sites (N-methyl/N-ethyl adjacent to an activating group) is 1. The van der Waals surface area contributed by atoms with Crippen LogP contribution in [0.25, 0.3) is 0 Å². The minimum atomic E-state index is -0.832. The molecule has 3 aliphatic rings. The van der Waals surface area contributed by atoms with Gasteiger partial charge in [-0.1, -0.05) is 31.4 Å². The van der Waals surface area contributed by atoms with Crippen LogP contribution in [0.2, 0.25) is 0 Å². The first-order valence-electron chi connectivity index (χ1n) is 12.0. The van der Waals surface area contributed by atoms with Crippen molar-refractivity contribution in [2.75, 3.05) is 35.7 Å². The topological polar surface area (TPSA) is 119 Å². The number of fused-ring (bicyclic) bond motifs is 1.